The van der Waals surface area contributed by atoms with E-state index < -0.39 is 6.10 Å². The Morgan fingerprint density at radius 3 is 2.00 bits per heavy atom. The molecule has 144 valence electrons. The number of hydrogen-bond acceptors (Lipinski definition) is 7. The number of carbonyl (C=O) groups is 1. The van der Waals surface area contributed by atoms with Gasteiger partial charge in [-0.15, -0.1) is 0 Å². The Hall–Kier alpha value is -3.09. The molecule has 0 radical (unpaired) electrons. The van der Waals surface area contributed by atoms with Gasteiger partial charge in [-0.25, -0.2) is 0 Å². The minimum atomic E-state index is -0.671. The molecule has 1 heterocycles. The third kappa shape index (κ3) is 3.20. The average Bonchev–Trinajstić information content (AvgIpc) is 2.70. The third-order valence-electron chi connectivity index (χ3n) is 4.53. The van der Waals surface area contributed by atoms with E-state index in [2.05, 4.69) is 0 Å². The molecule has 7 nitrogen and oxygen atoms in total. The Balaban J connectivity index is 2.21. The van der Waals surface area contributed by atoms with Crippen LogP contribution >= 0.6 is 0 Å². The van der Waals surface area contributed by atoms with Crippen LogP contribution in [0.25, 0.3) is 0 Å². The molecule has 0 saturated heterocycles. The number of esters is 1. The molecule has 1 aliphatic rings. The monoisotopic (exact) mass is 374 g/mol. The first-order chi connectivity index (χ1) is 13.1. The molecular formula is C20H22O7. The Morgan fingerprint density at radius 2 is 1.41 bits per heavy atom. The second-order valence-corrected chi connectivity index (χ2v) is 5.88. The van der Waals surface area contributed by atoms with Crippen molar-refractivity contribution >= 4 is 5.97 Å². The van der Waals surface area contributed by atoms with Crippen molar-refractivity contribution in [1.82, 2.24) is 0 Å². The molecular weight excluding hydrogens is 352 g/mol. The maximum Gasteiger partial charge on any atom is 0.311 e. The molecule has 0 bridgehead atoms. The molecule has 0 amide bonds. The average molecular weight is 374 g/mol. The molecule has 2 aromatic carbocycles. The van der Waals surface area contributed by atoms with Gasteiger partial charge < -0.3 is 28.4 Å². The highest BCUT2D eigenvalue weighted by Gasteiger charge is 2.33. The van der Waals surface area contributed by atoms with Crippen molar-refractivity contribution in [3.8, 4) is 28.7 Å². The second-order valence-electron chi connectivity index (χ2n) is 5.88. The molecule has 1 atom stereocenters. The van der Waals surface area contributed by atoms with E-state index in [1.165, 1.54) is 14.2 Å². The quantitative estimate of drug-likeness (QED) is 0.720. The molecule has 0 fully saturated rings. The van der Waals surface area contributed by atoms with Gasteiger partial charge in [0, 0.05) is 11.1 Å². The van der Waals surface area contributed by atoms with Gasteiger partial charge in [0.15, 0.2) is 29.1 Å². The summed E-state index contributed by atoms with van der Waals surface area (Å²) in [6.07, 6.45) is -0.516. The fourth-order valence-corrected chi connectivity index (χ4v) is 3.29. The second kappa shape index (κ2) is 7.65. The van der Waals surface area contributed by atoms with Crippen molar-refractivity contribution in [2.24, 2.45) is 0 Å². The standard InChI is InChI=1S/C20H22O7/c1-22-14-7-6-12(19(25-4)20(14)26-5)18-13-10-16(24-3)15(23-2)8-11(13)9-17(21)27-18/h6-8,10,18H,9H2,1-5H3/t18-/m0/s1. The van der Waals surface area contributed by atoms with Crippen molar-refractivity contribution < 1.29 is 33.2 Å². The molecule has 0 saturated carbocycles. The SMILES string of the molecule is COc1cc2c(cc1OC)[C@H](c1ccc(OC)c(OC)c1OC)OC(=O)C2. The van der Waals surface area contributed by atoms with Crippen molar-refractivity contribution in [1.29, 1.82) is 0 Å². The van der Waals surface area contributed by atoms with Crippen molar-refractivity contribution in [3.63, 3.8) is 0 Å². The first-order valence-corrected chi connectivity index (χ1v) is 8.31. The minimum absolute atomic E-state index is 0.155. The number of carbonyl (C=O) groups excluding carboxylic acids is 1. The zero-order valence-electron chi connectivity index (χ0n) is 16.0. The summed E-state index contributed by atoms with van der Waals surface area (Å²) in [5.74, 6) is 2.17. The smallest absolute Gasteiger partial charge is 0.311 e. The molecule has 0 spiro atoms. The molecule has 7 heteroatoms. The van der Waals surface area contributed by atoms with E-state index in [4.69, 9.17) is 28.4 Å². The molecule has 0 N–H and O–H groups in total. The zero-order valence-corrected chi connectivity index (χ0v) is 16.0. The molecule has 1 aliphatic heterocycles. The van der Waals surface area contributed by atoms with E-state index in [0.717, 1.165) is 11.1 Å². The first kappa shape index (κ1) is 18.7. The van der Waals surface area contributed by atoms with Crippen LogP contribution in [0.2, 0.25) is 0 Å². The van der Waals surface area contributed by atoms with E-state index >= 15 is 0 Å². The number of rotatable bonds is 6. The van der Waals surface area contributed by atoms with Gasteiger partial charge >= 0.3 is 5.97 Å². The summed E-state index contributed by atoms with van der Waals surface area (Å²) >= 11 is 0. The summed E-state index contributed by atoms with van der Waals surface area (Å²) in [6, 6.07) is 7.17. The predicted octanol–water partition coefficient (Wildman–Crippen LogP) is 2.92. The molecule has 0 aromatic heterocycles. The van der Waals surface area contributed by atoms with E-state index in [1.807, 2.05) is 6.07 Å². The highest BCUT2D eigenvalue weighted by Crippen LogP contribution is 2.47. The van der Waals surface area contributed by atoms with Crippen molar-refractivity contribution in [3.05, 3.63) is 41.0 Å². The van der Waals surface area contributed by atoms with Crippen LogP contribution in [-0.2, 0) is 16.0 Å². The normalized spacial score (nSPS) is 15.4. The zero-order chi connectivity index (χ0) is 19.6. The number of methoxy groups -OCH3 is 5. The lowest BCUT2D eigenvalue weighted by molar-refractivity contribution is -0.148. The van der Waals surface area contributed by atoms with Gasteiger partial charge in [-0.2, -0.15) is 0 Å². The Labute approximate surface area is 157 Å². The van der Waals surface area contributed by atoms with Gasteiger partial charge in [0.2, 0.25) is 5.75 Å². The minimum Gasteiger partial charge on any atom is -0.493 e. The van der Waals surface area contributed by atoms with Gasteiger partial charge in [-0.3, -0.25) is 4.79 Å². The van der Waals surface area contributed by atoms with Gasteiger partial charge in [-0.05, 0) is 29.8 Å². The van der Waals surface area contributed by atoms with E-state index in [9.17, 15) is 4.79 Å². The van der Waals surface area contributed by atoms with Crippen LogP contribution in [0.5, 0.6) is 28.7 Å². The summed E-state index contributed by atoms with van der Waals surface area (Å²) in [4.78, 5) is 12.2. The van der Waals surface area contributed by atoms with Crippen LogP contribution in [0.3, 0.4) is 0 Å². The van der Waals surface area contributed by atoms with Crippen LogP contribution < -0.4 is 23.7 Å². The highest BCUT2D eigenvalue weighted by molar-refractivity contribution is 5.77. The van der Waals surface area contributed by atoms with Crippen LogP contribution in [0, 0.1) is 0 Å². The summed E-state index contributed by atoms with van der Waals surface area (Å²) in [6.45, 7) is 0. The number of ether oxygens (including phenoxy) is 6. The first-order valence-electron chi connectivity index (χ1n) is 8.31. The summed E-state index contributed by atoms with van der Waals surface area (Å²) in [7, 11) is 7.72. The lowest BCUT2D eigenvalue weighted by Gasteiger charge is -2.28. The maximum absolute atomic E-state index is 12.2. The van der Waals surface area contributed by atoms with Crippen molar-refractivity contribution in [2.45, 2.75) is 12.5 Å². The van der Waals surface area contributed by atoms with Crippen LogP contribution in [0.1, 0.15) is 22.8 Å². The lowest BCUT2D eigenvalue weighted by Crippen LogP contribution is -2.23. The molecule has 27 heavy (non-hydrogen) atoms. The van der Waals surface area contributed by atoms with E-state index in [1.54, 1.807) is 39.5 Å². The molecule has 0 aliphatic carbocycles. The number of benzene rings is 2. The number of fused-ring (bicyclic) bond motifs is 1. The molecule has 2 aromatic rings. The Bertz CT molecular complexity index is 860. The van der Waals surface area contributed by atoms with Gasteiger partial charge in [0.05, 0.1) is 42.0 Å². The molecule has 3 rings (SSSR count). The maximum atomic E-state index is 12.2. The lowest BCUT2D eigenvalue weighted by atomic mass is 9.91. The van der Waals surface area contributed by atoms with Crippen LogP contribution in [0.15, 0.2) is 24.3 Å². The van der Waals surface area contributed by atoms with Gasteiger partial charge in [0.25, 0.3) is 0 Å². The number of hydrogen-bond donors (Lipinski definition) is 0. The highest BCUT2D eigenvalue weighted by atomic mass is 16.6. The van der Waals surface area contributed by atoms with E-state index in [0.29, 0.717) is 34.3 Å². The van der Waals surface area contributed by atoms with Gasteiger partial charge in [0.1, 0.15) is 0 Å². The summed E-state index contributed by atoms with van der Waals surface area (Å²) in [5.41, 5.74) is 2.26. The van der Waals surface area contributed by atoms with Gasteiger partial charge in [-0.1, -0.05) is 0 Å². The summed E-state index contributed by atoms with van der Waals surface area (Å²) in [5, 5.41) is 0. The Morgan fingerprint density at radius 1 is 0.778 bits per heavy atom. The number of cyclic esters (lactones) is 1. The summed E-state index contributed by atoms with van der Waals surface area (Å²) < 4.78 is 32.8. The topological polar surface area (TPSA) is 72.5 Å². The third-order valence-corrected chi connectivity index (χ3v) is 4.53. The fraction of sp³-hybridized carbons (Fsp3) is 0.350. The Kier molecular flexibility index (Phi) is 5.30. The fourth-order valence-electron chi connectivity index (χ4n) is 3.29. The molecule has 0 unspecified atom stereocenters. The van der Waals surface area contributed by atoms with E-state index in [-0.39, 0.29) is 12.4 Å². The van der Waals surface area contributed by atoms with Crippen LogP contribution in [0.4, 0.5) is 0 Å². The van der Waals surface area contributed by atoms with Crippen LogP contribution in [-0.4, -0.2) is 41.5 Å². The van der Waals surface area contributed by atoms with Crippen molar-refractivity contribution in [2.75, 3.05) is 35.5 Å². The largest absolute Gasteiger partial charge is 0.493 e. The predicted molar refractivity (Wildman–Crippen MR) is 97.3 cm³/mol.